The predicted molar refractivity (Wildman–Crippen MR) is 79.1 cm³/mol. The highest BCUT2D eigenvalue weighted by Gasteiger charge is 2.32. The zero-order valence-electron chi connectivity index (χ0n) is 11.4. The minimum atomic E-state index is -0.262. The molecule has 0 saturated carbocycles. The molecule has 1 aromatic rings. The van der Waals surface area contributed by atoms with Gasteiger partial charge in [-0.1, -0.05) is 6.07 Å². The second-order valence-electron chi connectivity index (χ2n) is 5.41. The fraction of sp³-hybridized carbons (Fsp3) is 0.533. The van der Waals surface area contributed by atoms with Gasteiger partial charge in [-0.25, -0.2) is 4.39 Å². The van der Waals surface area contributed by atoms with E-state index in [1.165, 1.54) is 30.7 Å². The van der Waals surface area contributed by atoms with Crippen LogP contribution in [0.3, 0.4) is 0 Å². The monoisotopic (exact) mass is 291 g/mol. The van der Waals surface area contributed by atoms with Crippen molar-refractivity contribution in [1.29, 1.82) is 5.26 Å². The molecule has 2 saturated heterocycles. The number of halogens is 1. The molecule has 20 heavy (non-hydrogen) atoms. The maximum atomic E-state index is 13.8. The summed E-state index contributed by atoms with van der Waals surface area (Å²) in [6, 6.07) is 7.37. The van der Waals surface area contributed by atoms with Gasteiger partial charge in [0.05, 0.1) is 11.6 Å². The van der Waals surface area contributed by atoms with Crippen molar-refractivity contribution in [3.8, 4) is 6.07 Å². The van der Waals surface area contributed by atoms with Crippen LogP contribution < -0.4 is 0 Å². The smallest absolute Gasteiger partial charge is 0.129 e. The number of benzene rings is 1. The highest BCUT2D eigenvalue weighted by molar-refractivity contribution is 7.99. The van der Waals surface area contributed by atoms with Crippen LogP contribution in [0.1, 0.15) is 11.1 Å². The third-order valence-electron chi connectivity index (χ3n) is 4.08. The van der Waals surface area contributed by atoms with E-state index in [9.17, 15) is 4.39 Å². The quantitative estimate of drug-likeness (QED) is 0.851. The lowest BCUT2D eigenvalue weighted by molar-refractivity contribution is 0.0336. The van der Waals surface area contributed by atoms with E-state index in [-0.39, 0.29) is 5.82 Å². The van der Waals surface area contributed by atoms with Gasteiger partial charge in [0.1, 0.15) is 5.82 Å². The number of nitriles is 1. The van der Waals surface area contributed by atoms with Crippen LogP contribution in [0, 0.1) is 17.1 Å². The second kappa shape index (κ2) is 6.13. The third-order valence-corrected chi connectivity index (χ3v) is 5.02. The fourth-order valence-electron chi connectivity index (χ4n) is 2.83. The van der Waals surface area contributed by atoms with E-state index >= 15 is 0 Å². The molecular formula is C15H18FN3S. The van der Waals surface area contributed by atoms with Gasteiger partial charge in [-0.3, -0.25) is 9.80 Å². The Labute approximate surface area is 123 Å². The molecule has 0 aromatic heterocycles. The molecule has 0 radical (unpaired) electrons. The van der Waals surface area contributed by atoms with Gasteiger partial charge in [-0.05, 0) is 12.1 Å². The summed E-state index contributed by atoms with van der Waals surface area (Å²) >= 11 is 2.03. The van der Waals surface area contributed by atoms with Crippen molar-refractivity contribution >= 4 is 11.8 Å². The summed E-state index contributed by atoms with van der Waals surface area (Å²) in [5.41, 5.74) is 1.08. The Balaban J connectivity index is 1.52. The van der Waals surface area contributed by atoms with E-state index in [4.69, 9.17) is 5.26 Å². The molecule has 106 valence electrons. The van der Waals surface area contributed by atoms with Crippen LogP contribution in [-0.2, 0) is 6.54 Å². The van der Waals surface area contributed by atoms with Crippen molar-refractivity contribution in [1.82, 2.24) is 9.80 Å². The van der Waals surface area contributed by atoms with Gasteiger partial charge in [-0.15, -0.1) is 0 Å². The Hall–Kier alpha value is -1.09. The van der Waals surface area contributed by atoms with Crippen LogP contribution in [-0.4, -0.2) is 53.5 Å². The molecule has 0 amide bonds. The number of rotatable bonds is 3. The fourth-order valence-corrected chi connectivity index (χ4v) is 3.76. The van der Waals surface area contributed by atoms with Crippen LogP contribution in [0.25, 0.3) is 0 Å². The maximum absolute atomic E-state index is 13.8. The third kappa shape index (κ3) is 2.98. The van der Waals surface area contributed by atoms with Crippen molar-refractivity contribution in [2.45, 2.75) is 12.6 Å². The van der Waals surface area contributed by atoms with Crippen molar-refractivity contribution in [3.05, 3.63) is 35.1 Å². The number of nitrogens with zero attached hydrogens (tertiary/aromatic N) is 3. The molecule has 0 atom stereocenters. The Bertz CT molecular complexity index is 516. The molecule has 2 aliphatic rings. The molecule has 1 aromatic carbocycles. The molecule has 2 aliphatic heterocycles. The summed E-state index contributed by atoms with van der Waals surface area (Å²) in [4.78, 5) is 4.83. The first-order valence-electron chi connectivity index (χ1n) is 6.99. The topological polar surface area (TPSA) is 30.3 Å². The van der Waals surface area contributed by atoms with E-state index in [0.29, 0.717) is 23.7 Å². The Morgan fingerprint density at radius 1 is 1.30 bits per heavy atom. The summed E-state index contributed by atoms with van der Waals surface area (Å²) in [6.07, 6.45) is 0. The predicted octanol–water partition coefficient (Wildman–Crippen LogP) is 1.93. The number of thioether (sulfide) groups is 1. The van der Waals surface area contributed by atoms with Crippen molar-refractivity contribution in [2.24, 2.45) is 0 Å². The van der Waals surface area contributed by atoms with Gasteiger partial charge in [0.25, 0.3) is 0 Å². The summed E-state index contributed by atoms with van der Waals surface area (Å²) in [5, 5.41) is 8.74. The zero-order chi connectivity index (χ0) is 13.9. The molecular weight excluding hydrogens is 273 g/mol. The highest BCUT2D eigenvalue weighted by atomic mass is 32.2. The molecule has 0 N–H and O–H groups in total. The standard InChI is InChI=1S/C15H18FN3S/c16-15-7-12(8-17)1-2-13(15)9-18-10-14(11-18)19-3-5-20-6-4-19/h1-2,7,14H,3-6,9-11H2. The first kappa shape index (κ1) is 13.9. The average molecular weight is 291 g/mol. The molecule has 3 rings (SSSR count). The molecule has 0 unspecified atom stereocenters. The van der Waals surface area contributed by atoms with Crippen molar-refractivity contribution in [3.63, 3.8) is 0 Å². The SMILES string of the molecule is N#Cc1ccc(CN2CC(N3CCSCC3)C2)c(F)c1. The van der Waals surface area contributed by atoms with E-state index < -0.39 is 0 Å². The normalized spacial score (nSPS) is 21.4. The Kier molecular flexibility index (Phi) is 4.25. The van der Waals surface area contributed by atoms with Crippen LogP contribution >= 0.6 is 11.8 Å². The minimum absolute atomic E-state index is 0.262. The largest absolute Gasteiger partial charge is 0.296 e. The summed E-state index contributed by atoms with van der Waals surface area (Å²) in [5.74, 6) is 2.21. The molecule has 3 nitrogen and oxygen atoms in total. The second-order valence-corrected chi connectivity index (χ2v) is 6.64. The molecule has 0 aliphatic carbocycles. The molecule has 0 bridgehead atoms. The average Bonchev–Trinajstić information content (AvgIpc) is 2.44. The lowest BCUT2D eigenvalue weighted by atomic mass is 10.0. The molecule has 5 heteroatoms. The van der Waals surface area contributed by atoms with Gasteiger partial charge in [0.15, 0.2) is 0 Å². The van der Waals surface area contributed by atoms with Gasteiger partial charge in [0.2, 0.25) is 0 Å². The van der Waals surface area contributed by atoms with Crippen molar-refractivity contribution in [2.75, 3.05) is 37.7 Å². The van der Waals surface area contributed by atoms with Gasteiger partial charge in [-0.2, -0.15) is 17.0 Å². The number of likely N-dealkylation sites (tertiary alicyclic amines) is 1. The van der Waals surface area contributed by atoms with E-state index in [0.717, 1.165) is 13.1 Å². The van der Waals surface area contributed by atoms with E-state index in [1.807, 2.05) is 17.8 Å². The summed E-state index contributed by atoms with van der Waals surface area (Å²) in [7, 11) is 0. The van der Waals surface area contributed by atoms with Gasteiger partial charge < -0.3 is 0 Å². The lowest BCUT2D eigenvalue weighted by Crippen LogP contribution is -2.60. The van der Waals surface area contributed by atoms with Crippen molar-refractivity contribution < 1.29 is 4.39 Å². The molecule has 0 spiro atoms. The lowest BCUT2D eigenvalue weighted by Gasteiger charge is -2.46. The molecule has 2 fully saturated rings. The molecule has 2 heterocycles. The maximum Gasteiger partial charge on any atom is 0.129 e. The van der Waals surface area contributed by atoms with Crippen LogP contribution in [0.2, 0.25) is 0 Å². The first-order chi connectivity index (χ1) is 9.76. The highest BCUT2D eigenvalue weighted by Crippen LogP contribution is 2.22. The summed E-state index contributed by atoms with van der Waals surface area (Å²) in [6.45, 7) is 5.09. The van der Waals surface area contributed by atoms with E-state index in [2.05, 4.69) is 9.80 Å². The number of hydrogen-bond acceptors (Lipinski definition) is 4. The first-order valence-corrected chi connectivity index (χ1v) is 8.14. The van der Waals surface area contributed by atoms with Gasteiger partial charge in [0, 0.05) is 55.8 Å². The summed E-state index contributed by atoms with van der Waals surface area (Å²) < 4.78 is 13.8. The number of hydrogen-bond donors (Lipinski definition) is 0. The Morgan fingerprint density at radius 2 is 2.05 bits per heavy atom. The van der Waals surface area contributed by atoms with Gasteiger partial charge >= 0.3 is 0 Å². The van der Waals surface area contributed by atoms with E-state index in [1.54, 1.807) is 12.1 Å². The Morgan fingerprint density at radius 3 is 2.70 bits per heavy atom. The minimum Gasteiger partial charge on any atom is -0.296 e. The van der Waals surface area contributed by atoms with Crippen LogP contribution in [0.15, 0.2) is 18.2 Å². The van der Waals surface area contributed by atoms with Crippen LogP contribution in [0.5, 0.6) is 0 Å². The van der Waals surface area contributed by atoms with Crippen LogP contribution in [0.4, 0.5) is 4.39 Å². The zero-order valence-corrected chi connectivity index (χ0v) is 12.2.